The number of urea groups is 1. The first-order valence-electron chi connectivity index (χ1n) is 8.50. The average molecular weight is 343 g/mol. The van der Waals surface area contributed by atoms with Gasteiger partial charge >= 0.3 is 6.03 Å². The number of anilines is 2. The third-order valence-corrected chi connectivity index (χ3v) is 4.07. The van der Waals surface area contributed by atoms with Gasteiger partial charge in [-0.05, 0) is 56.5 Å². The molecule has 0 radical (unpaired) electrons. The van der Waals surface area contributed by atoms with E-state index < -0.39 is 0 Å². The molecule has 0 spiro atoms. The Balaban J connectivity index is 1.59. The number of rotatable bonds is 4. The second-order valence-electron chi connectivity index (χ2n) is 6.16. The Morgan fingerprint density at radius 1 is 1.16 bits per heavy atom. The number of carbonyl (C=O) groups excluding carboxylic acids is 1. The van der Waals surface area contributed by atoms with Gasteiger partial charge in [-0.3, -0.25) is 0 Å². The van der Waals surface area contributed by atoms with Crippen molar-refractivity contribution < 1.29 is 9.18 Å². The Kier molecular flexibility index (Phi) is 5.42. The highest BCUT2D eigenvalue weighted by Crippen LogP contribution is 2.16. The van der Waals surface area contributed by atoms with E-state index in [1.54, 1.807) is 0 Å². The van der Waals surface area contributed by atoms with Crippen LogP contribution in [0.15, 0.2) is 30.3 Å². The Morgan fingerprint density at radius 2 is 1.88 bits per heavy atom. The molecule has 1 aromatic heterocycles. The number of carbonyl (C=O) groups is 1. The summed E-state index contributed by atoms with van der Waals surface area (Å²) in [7, 11) is 0. The molecule has 0 aliphatic carbocycles. The summed E-state index contributed by atoms with van der Waals surface area (Å²) in [6, 6.07) is 7.13. The van der Waals surface area contributed by atoms with Gasteiger partial charge in [-0.25, -0.2) is 19.2 Å². The van der Waals surface area contributed by atoms with Crippen molar-refractivity contribution in [1.82, 2.24) is 15.3 Å². The Morgan fingerprint density at radius 3 is 2.60 bits per heavy atom. The van der Waals surface area contributed by atoms with Crippen molar-refractivity contribution in [1.29, 1.82) is 0 Å². The molecule has 2 amide bonds. The minimum atomic E-state index is -0.359. The van der Waals surface area contributed by atoms with Crippen LogP contribution in [0.2, 0.25) is 0 Å². The van der Waals surface area contributed by atoms with Crippen LogP contribution < -0.4 is 15.5 Å². The molecule has 6 nitrogen and oxygen atoms in total. The highest BCUT2D eigenvalue weighted by Gasteiger charge is 2.14. The molecular weight excluding hydrogens is 321 g/mol. The molecule has 2 N–H and O–H groups in total. The maximum atomic E-state index is 12.9. The molecule has 2 heterocycles. The van der Waals surface area contributed by atoms with Gasteiger partial charge < -0.3 is 15.5 Å². The molecule has 1 fully saturated rings. The van der Waals surface area contributed by atoms with Gasteiger partial charge in [0.2, 0.25) is 5.95 Å². The highest BCUT2D eigenvalue weighted by atomic mass is 19.1. The van der Waals surface area contributed by atoms with Crippen LogP contribution in [-0.2, 0) is 6.54 Å². The summed E-state index contributed by atoms with van der Waals surface area (Å²) in [5.41, 5.74) is 2.18. The quantitative estimate of drug-likeness (QED) is 0.894. The fourth-order valence-corrected chi connectivity index (χ4v) is 2.82. The van der Waals surface area contributed by atoms with Crippen molar-refractivity contribution in [3.63, 3.8) is 0 Å². The maximum Gasteiger partial charge on any atom is 0.319 e. The zero-order valence-electron chi connectivity index (χ0n) is 14.3. The van der Waals surface area contributed by atoms with E-state index in [-0.39, 0.29) is 11.8 Å². The largest absolute Gasteiger partial charge is 0.341 e. The van der Waals surface area contributed by atoms with Gasteiger partial charge in [0.05, 0.1) is 12.2 Å². The van der Waals surface area contributed by atoms with Crippen molar-refractivity contribution in [2.45, 2.75) is 32.7 Å². The predicted molar refractivity (Wildman–Crippen MR) is 95.1 cm³/mol. The summed E-state index contributed by atoms with van der Waals surface area (Å²) >= 11 is 0. The van der Waals surface area contributed by atoms with Crippen molar-refractivity contribution in [2.24, 2.45) is 0 Å². The molecule has 132 valence electrons. The number of benzene rings is 1. The lowest BCUT2D eigenvalue weighted by atomic mass is 10.1. The van der Waals surface area contributed by atoms with Gasteiger partial charge in [0, 0.05) is 24.5 Å². The second kappa shape index (κ2) is 7.92. The van der Waals surface area contributed by atoms with Crippen LogP contribution in [0.5, 0.6) is 0 Å². The third kappa shape index (κ3) is 4.89. The Hall–Kier alpha value is -2.70. The molecular formula is C18H22FN5O. The summed E-state index contributed by atoms with van der Waals surface area (Å²) < 4.78 is 12.9. The van der Waals surface area contributed by atoms with Gasteiger partial charge in [0.15, 0.2) is 0 Å². The van der Waals surface area contributed by atoms with E-state index in [2.05, 4.69) is 25.5 Å². The molecule has 0 bridgehead atoms. The maximum absolute atomic E-state index is 12.9. The lowest BCUT2D eigenvalue weighted by Gasteiger charge is -2.27. The van der Waals surface area contributed by atoms with Gasteiger partial charge in [0.1, 0.15) is 5.82 Å². The number of amides is 2. The van der Waals surface area contributed by atoms with E-state index in [4.69, 9.17) is 0 Å². The first-order chi connectivity index (χ1) is 12.1. The fourth-order valence-electron chi connectivity index (χ4n) is 2.82. The molecule has 0 saturated carbocycles. The number of aryl methyl sites for hydroxylation is 1. The van der Waals surface area contributed by atoms with Crippen LogP contribution in [0.25, 0.3) is 0 Å². The summed E-state index contributed by atoms with van der Waals surface area (Å²) in [5.74, 6) is 0.392. The van der Waals surface area contributed by atoms with Crippen molar-refractivity contribution >= 4 is 17.7 Å². The van der Waals surface area contributed by atoms with E-state index >= 15 is 0 Å². The first-order valence-corrected chi connectivity index (χ1v) is 8.50. The number of nitrogens with zero attached hydrogens (tertiary/aromatic N) is 3. The number of hydrogen-bond acceptors (Lipinski definition) is 4. The smallest absolute Gasteiger partial charge is 0.319 e. The molecule has 1 aliphatic heterocycles. The van der Waals surface area contributed by atoms with Gasteiger partial charge in [-0.2, -0.15) is 0 Å². The lowest BCUT2D eigenvalue weighted by Crippen LogP contribution is -2.32. The predicted octanol–water partition coefficient (Wildman–Crippen LogP) is 3.24. The second-order valence-corrected chi connectivity index (χ2v) is 6.16. The van der Waals surface area contributed by atoms with Gasteiger partial charge in [0.25, 0.3) is 0 Å². The van der Waals surface area contributed by atoms with E-state index in [0.29, 0.717) is 12.2 Å². The SMILES string of the molecule is Cc1cc(CNC(=O)Nc2ccc(F)cc2)nc(N2CCCCC2)n1. The number of nitrogens with one attached hydrogen (secondary N) is 2. The van der Waals surface area contributed by atoms with Crippen molar-refractivity contribution in [2.75, 3.05) is 23.3 Å². The zero-order chi connectivity index (χ0) is 17.6. The van der Waals surface area contributed by atoms with E-state index in [0.717, 1.165) is 43.3 Å². The topological polar surface area (TPSA) is 70.2 Å². The molecule has 7 heteroatoms. The number of halogens is 1. The molecule has 25 heavy (non-hydrogen) atoms. The molecule has 0 atom stereocenters. The monoisotopic (exact) mass is 343 g/mol. The van der Waals surface area contributed by atoms with Crippen LogP contribution in [0.4, 0.5) is 20.8 Å². The number of aromatic nitrogens is 2. The van der Waals surface area contributed by atoms with E-state index in [1.165, 1.54) is 30.7 Å². The van der Waals surface area contributed by atoms with Crippen LogP contribution >= 0.6 is 0 Å². The summed E-state index contributed by atoms with van der Waals surface area (Å²) in [5, 5.41) is 5.43. The number of hydrogen-bond donors (Lipinski definition) is 2. The van der Waals surface area contributed by atoms with Crippen LogP contribution in [0.3, 0.4) is 0 Å². The number of piperidine rings is 1. The normalized spacial score (nSPS) is 14.2. The standard InChI is InChI=1S/C18H22FN5O/c1-13-11-16(22-17(21-13)24-9-3-2-4-10-24)12-20-18(25)23-15-7-5-14(19)6-8-15/h5-8,11H,2-4,9-10,12H2,1H3,(H2,20,23,25). The molecule has 1 aliphatic rings. The molecule has 1 aromatic carbocycles. The summed E-state index contributed by atoms with van der Waals surface area (Å²) in [6.45, 7) is 4.18. The molecule has 0 unspecified atom stereocenters. The molecule has 1 saturated heterocycles. The minimum Gasteiger partial charge on any atom is -0.341 e. The Bertz CT molecular complexity index is 729. The van der Waals surface area contributed by atoms with E-state index in [1.807, 2.05) is 13.0 Å². The van der Waals surface area contributed by atoms with E-state index in [9.17, 15) is 9.18 Å². The van der Waals surface area contributed by atoms with Gasteiger partial charge in [-0.1, -0.05) is 0 Å². The first kappa shape index (κ1) is 17.1. The molecule has 3 rings (SSSR count). The fraction of sp³-hybridized carbons (Fsp3) is 0.389. The van der Waals surface area contributed by atoms with Crippen LogP contribution in [0, 0.1) is 12.7 Å². The van der Waals surface area contributed by atoms with Gasteiger partial charge in [-0.15, -0.1) is 0 Å². The summed E-state index contributed by atoms with van der Waals surface area (Å²) in [6.07, 6.45) is 3.57. The lowest BCUT2D eigenvalue weighted by molar-refractivity contribution is 0.251. The van der Waals surface area contributed by atoms with Crippen LogP contribution in [0.1, 0.15) is 30.7 Å². The van der Waals surface area contributed by atoms with Crippen molar-refractivity contribution in [3.8, 4) is 0 Å². The minimum absolute atomic E-state index is 0.303. The average Bonchev–Trinajstić information content (AvgIpc) is 2.62. The van der Waals surface area contributed by atoms with Crippen LogP contribution in [-0.4, -0.2) is 29.1 Å². The molecule has 2 aromatic rings. The zero-order valence-corrected chi connectivity index (χ0v) is 14.3. The summed E-state index contributed by atoms with van der Waals surface area (Å²) in [4.78, 5) is 23.2. The Labute approximate surface area is 146 Å². The highest BCUT2D eigenvalue weighted by molar-refractivity contribution is 5.89. The third-order valence-electron chi connectivity index (χ3n) is 4.07. The van der Waals surface area contributed by atoms with Crippen molar-refractivity contribution in [3.05, 3.63) is 47.5 Å².